The molecule has 1 aromatic rings. The molecule has 0 atom stereocenters. The summed E-state index contributed by atoms with van der Waals surface area (Å²) < 4.78 is 0. The van der Waals surface area contributed by atoms with Crippen LogP contribution in [-0.4, -0.2) is 19.3 Å². The molecule has 0 aliphatic heterocycles. The fourth-order valence-electron chi connectivity index (χ4n) is 0.788. The van der Waals surface area contributed by atoms with Gasteiger partial charge in [-0.2, -0.15) is 0 Å². The lowest BCUT2D eigenvalue weighted by atomic mass is 10.4. The van der Waals surface area contributed by atoms with Crippen molar-refractivity contribution in [3.05, 3.63) is 30.3 Å². The zero-order valence-corrected chi connectivity index (χ0v) is 8.75. The Bertz CT molecular complexity index is 191. The van der Waals surface area contributed by atoms with Crippen molar-refractivity contribution < 1.29 is 0 Å². The van der Waals surface area contributed by atoms with Crippen LogP contribution >= 0.6 is 24.2 Å². The summed E-state index contributed by atoms with van der Waals surface area (Å²) in [5.74, 6) is 1.14. The number of thioether (sulfide) groups is 1. The summed E-state index contributed by atoms with van der Waals surface area (Å²) in [6.07, 6.45) is 0. The van der Waals surface area contributed by atoms with Crippen LogP contribution in [0.15, 0.2) is 35.2 Å². The van der Waals surface area contributed by atoms with Gasteiger partial charge < -0.3 is 5.32 Å². The van der Waals surface area contributed by atoms with E-state index in [9.17, 15) is 0 Å². The number of hydrogen-bond acceptors (Lipinski definition) is 2. The van der Waals surface area contributed by atoms with E-state index in [-0.39, 0.29) is 12.4 Å². The van der Waals surface area contributed by atoms with Gasteiger partial charge in [-0.3, -0.25) is 0 Å². The first-order valence-electron chi connectivity index (χ1n) is 3.76. The molecule has 0 amide bonds. The number of nitrogens with one attached hydrogen (secondary N) is 1. The molecule has 68 valence electrons. The zero-order valence-electron chi connectivity index (χ0n) is 7.12. The summed E-state index contributed by atoms with van der Waals surface area (Å²) in [5.41, 5.74) is 0. The van der Waals surface area contributed by atoms with Crippen molar-refractivity contribution in [3.8, 4) is 0 Å². The molecular weight excluding hydrogens is 190 g/mol. The van der Waals surface area contributed by atoms with E-state index in [0.29, 0.717) is 0 Å². The SMILES string of the molecule is CNCCSc1ccccc1.Cl. The zero-order chi connectivity index (χ0) is 7.94. The average Bonchev–Trinajstić information content (AvgIpc) is 2.07. The van der Waals surface area contributed by atoms with Gasteiger partial charge in [0.05, 0.1) is 0 Å². The predicted molar refractivity (Wildman–Crippen MR) is 58.3 cm³/mol. The molecule has 1 N–H and O–H groups in total. The summed E-state index contributed by atoms with van der Waals surface area (Å²) in [7, 11) is 1.98. The normalized spacial score (nSPS) is 9.08. The van der Waals surface area contributed by atoms with Crippen LogP contribution in [0.25, 0.3) is 0 Å². The lowest BCUT2D eigenvalue weighted by Crippen LogP contribution is -2.09. The Kier molecular flexibility index (Phi) is 7.36. The van der Waals surface area contributed by atoms with Gasteiger partial charge in [-0.25, -0.2) is 0 Å². The molecule has 0 saturated carbocycles. The van der Waals surface area contributed by atoms with Crippen LogP contribution < -0.4 is 5.32 Å². The fraction of sp³-hybridized carbons (Fsp3) is 0.333. The van der Waals surface area contributed by atoms with Crippen molar-refractivity contribution in [1.29, 1.82) is 0 Å². The highest BCUT2D eigenvalue weighted by Gasteiger charge is 1.89. The molecular formula is C9H14ClNS. The highest BCUT2D eigenvalue weighted by Crippen LogP contribution is 2.15. The molecule has 0 fully saturated rings. The van der Waals surface area contributed by atoms with Gasteiger partial charge in [-0.1, -0.05) is 18.2 Å². The van der Waals surface area contributed by atoms with Crippen LogP contribution in [-0.2, 0) is 0 Å². The van der Waals surface area contributed by atoms with E-state index in [1.807, 2.05) is 24.9 Å². The minimum absolute atomic E-state index is 0. The number of benzene rings is 1. The minimum Gasteiger partial charge on any atom is -0.319 e. The maximum Gasteiger partial charge on any atom is 0.0105 e. The van der Waals surface area contributed by atoms with Gasteiger partial charge in [-0.15, -0.1) is 24.2 Å². The van der Waals surface area contributed by atoms with Crippen molar-refractivity contribution in [2.45, 2.75) is 4.90 Å². The van der Waals surface area contributed by atoms with Crippen molar-refractivity contribution in [2.24, 2.45) is 0 Å². The van der Waals surface area contributed by atoms with Gasteiger partial charge in [0.1, 0.15) is 0 Å². The van der Waals surface area contributed by atoms with Crippen LogP contribution in [0.5, 0.6) is 0 Å². The molecule has 0 spiro atoms. The Morgan fingerprint density at radius 1 is 1.25 bits per heavy atom. The molecule has 0 aromatic heterocycles. The number of rotatable bonds is 4. The predicted octanol–water partition coefficient (Wildman–Crippen LogP) is 2.42. The largest absolute Gasteiger partial charge is 0.319 e. The van der Waals surface area contributed by atoms with Crippen LogP contribution in [0.3, 0.4) is 0 Å². The van der Waals surface area contributed by atoms with Crippen molar-refractivity contribution in [1.82, 2.24) is 5.32 Å². The monoisotopic (exact) mass is 203 g/mol. The molecule has 0 saturated heterocycles. The van der Waals surface area contributed by atoms with Gasteiger partial charge in [-0.05, 0) is 19.2 Å². The van der Waals surface area contributed by atoms with Crippen LogP contribution in [0.4, 0.5) is 0 Å². The maximum absolute atomic E-state index is 3.12. The van der Waals surface area contributed by atoms with Crippen molar-refractivity contribution in [3.63, 3.8) is 0 Å². The Morgan fingerprint density at radius 3 is 2.50 bits per heavy atom. The summed E-state index contributed by atoms with van der Waals surface area (Å²) in [6, 6.07) is 10.5. The number of halogens is 1. The third-order valence-corrected chi connectivity index (χ3v) is 2.38. The smallest absolute Gasteiger partial charge is 0.0105 e. The van der Waals surface area contributed by atoms with E-state index < -0.39 is 0 Å². The molecule has 3 heteroatoms. The molecule has 0 unspecified atom stereocenters. The Morgan fingerprint density at radius 2 is 1.92 bits per heavy atom. The highest BCUT2D eigenvalue weighted by atomic mass is 35.5. The van der Waals surface area contributed by atoms with Crippen LogP contribution in [0.1, 0.15) is 0 Å². The lowest BCUT2D eigenvalue weighted by molar-refractivity contribution is 0.872. The molecule has 0 radical (unpaired) electrons. The van der Waals surface area contributed by atoms with Crippen molar-refractivity contribution in [2.75, 3.05) is 19.3 Å². The lowest BCUT2D eigenvalue weighted by Gasteiger charge is -1.99. The quantitative estimate of drug-likeness (QED) is 0.596. The molecule has 1 rings (SSSR count). The van der Waals surface area contributed by atoms with E-state index in [4.69, 9.17) is 0 Å². The van der Waals surface area contributed by atoms with E-state index in [2.05, 4.69) is 29.6 Å². The summed E-state index contributed by atoms with van der Waals surface area (Å²) in [6.45, 7) is 1.07. The average molecular weight is 204 g/mol. The Labute approximate surface area is 84.4 Å². The second-order valence-electron chi connectivity index (χ2n) is 2.27. The Balaban J connectivity index is 0.00000121. The molecule has 0 aliphatic rings. The molecule has 12 heavy (non-hydrogen) atoms. The maximum atomic E-state index is 3.12. The summed E-state index contributed by atoms with van der Waals surface area (Å²) >= 11 is 1.88. The molecule has 1 nitrogen and oxygen atoms in total. The minimum atomic E-state index is 0. The van der Waals surface area contributed by atoms with Gasteiger partial charge in [0.25, 0.3) is 0 Å². The first-order chi connectivity index (χ1) is 5.43. The first kappa shape index (κ1) is 11.8. The second-order valence-corrected chi connectivity index (χ2v) is 3.43. The molecule has 0 aliphatic carbocycles. The number of hydrogen-bond donors (Lipinski definition) is 1. The van der Waals surface area contributed by atoms with Crippen molar-refractivity contribution >= 4 is 24.2 Å². The van der Waals surface area contributed by atoms with Gasteiger partial charge >= 0.3 is 0 Å². The molecule has 1 aromatic carbocycles. The van der Waals surface area contributed by atoms with E-state index in [1.165, 1.54) is 4.90 Å². The topological polar surface area (TPSA) is 12.0 Å². The standard InChI is InChI=1S/C9H13NS.ClH/c1-10-7-8-11-9-5-3-2-4-6-9;/h2-6,10H,7-8H2,1H3;1H. The third kappa shape index (κ3) is 4.65. The van der Waals surface area contributed by atoms with Crippen LogP contribution in [0.2, 0.25) is 0 Å². The highest BCUT2D eigenvalue weighted by molar-refractivity contribution is 7.99. The third-order valence-electron chi connectivity index (χ3n) is 1.36. The molecule has 0 bridgehead atoms. The van der Waals surface area contributed by atoms with Gasteiger partial charge in [0.15, 0.2) is 0 Å². The summed E-state index contributed by atoms with van der Waals surface area (Å²) in [4.78, 5) is 1.35. The van der Waals surface area contributed by atoms with Gasteiger partial charge in [0, 0.05) is 17.2 Å². The molecule has 0 heterocycles. The van der Waals surface area contributed by atoms with Crippen LogP contribution in [0, 0.1) is 0 Å². The Hall–Kier alpha value is -0.180. The van der Waals surface area contributed by atoms with Gasteiger partial charge in [0.2, 0.25) is 0 Å². The fourth-order valence-corrected chi connectivity index (χ4v) is 1.68. The first-order valence-corrected chi connectivity index (χ1v) is 4.74. The summed E-state index contributed by atoms with van der Waals surface area (Å²) in [5, 5.41) is 3.12. The van der Waals surface area contributed by atoms with E-state index >= 15 is 0 Å². The van der Waals surface area contributed by atoms with E-state index in [0.717, 1.165) is 12.3 Å². The van der Waals surface area contributed by atoms with E-state index in [1.54, 1.807) is 0 Å². The second kappa shape index (κ2) is 7.47.